The smallest absolute Gasteiger partial charge is 0.318 e. The van der Waals surface area contributed by atoms with Gasteiger partial charge >= 0.3 is 12.0 Å². The normalized spacial score (nSPS) is 32.0. The third-order valence-corrected chi connectivity index (χ3v) is 4.30. The van der Waals surface area contributed by atoms with Crippen molar-refractivity contribution < 1.29 is 24.2 Å². The summed E-state index contributed by atoms with van der Waals surface area (Å²) in [5.41, 5.74) is -1.14. The standard InChI is InChI=1S/C13H21N3O5/c1-13(11(18)19)7-21-6-9(13)15-12(20)16-5-3-4-8(16)10(17)14-2/h8-9H,3-7H2,1-2H3,(H,14,17)(H,15,20)(H,18,19). The van der Waals surface area contributed by atoms with E-state index in [1.54, 1.807) is 6.92 Å². The molecule has 2 saturated heterocycles. The number of amides is 3. The lowest BCUT2D eigenvalue weighted by molar-refractivity contribution is -0.148. The molecule has 0 aliphatic carbocycles. The molecule has 0 aromatic rings. The Kier molecular flexibility index (Phi) is 4.36. The topological polar surface area (TPSA) is 108 Å². The van der Waals surface area contributed by atoms with E-state index in [1.807, 2.05) is 0 Å². The molecule has 21 heavy (non-hydrogen) atoms. The van der Waals surface area contributed by atoms with E-state index in [0.29, 0.717) is 13.0 Å². The summed E-state index contributed by atoms with van der Waals surface area (Å²) in [5.74, 6) is -1.21. The molecular weight excluding hydrogens is 278 g/mol. The Bertz CT molecular complexity index is 455. The first-order chi connectivity index (χ1) is 9.90. The van der Waals surface area contributed by atoms with Gasteiger partial charge in [-0.05, 0) is 19.8 Å². The second-order valence-electron chi connectivity index (χ2n) is 5.71. The predicted molar refractivity (Wildman–Crippen MR) is 72.7 cm³/mol. The van der Waals surface area contributed by atoms with Gasteiger partial charge < -0.3 is 25.4 Å². The molecule has 2 fully saturated rings. The van der Waals surface area contributed by atoms with Crippen LogP contribution >= 0.6 is 0 Å². The Balaban J connectivity index is 2.04. The molecule has 0 aromatic heterocycles. The van der Waals surface area contributed by atoms with Crippen LogP contribution in [0.2, 0.25) is 0 Å². The highest BCUT2D eigenvalue weighted by Crippen LogP contribution is 2.29. The molecule has 3 N–H and O–H groups in total. The average molecular weight is 299 g/mol. The van der Waals surface area contributed by atoms with Crippen LogP contribution in [0.1, 0.15) is 19.8 Å². The number of ether oxygens (including phenoxy) is 1. The van der Waals surface area contributed by atoms with Gasteiger partial charge in [0.15, 0.2) is 0 Å². The fourth-order valence-corrected chi connectivity index (χ4v) is 2.77. The highest BCUT2D eigenvalue weighted by atomic mass is 16.5. The number of aliphatic carboxylic acids is 1. The van der Waals surface area contributed by atoms with Gasteiger partial charge in [0.05, 0.1) is 19.3 Å². The Morgan fingerprint density at radius 1 is 1.38 bits per heavy atom. The van der Waals surface area contributed by atoms with Crippen LogP contribution in [0.15, 0.2) is 0 Å². The van der Waals surface area contributed by atoms with E-state index < -0.39 is 29.5 Å². The van der Waals surface area contributed by atoms with Gasteiger partial charge in [0, 0.05) is 13.6 Å². The number of likely N-dealkylation sites (N-methyl/N-ethyl adjacent to an activating group) is 1. The molecule has 118 valence electrons. The number of nitrogens with zero attached hydrogens (tertiary/aromatic N) is 1. The van der Waals surface area contributed by atoms with Crippen molar-refractivity contribution in [2.75, 3.05) is 26.8 Å². The van der Waals surface area contributed by atoms with Crippen LogP contribution < -0.4 is 10.6 Å². The number of urea groups is 1. The van der Waals surface area contributed by atoms with Crippen molar-refractivity contribution in [1.82, 2.24) is 15.5 Å². The minimum Gasteiger partial charge on any atom is -0.481 e. The Hall–Kier alpha value is -1.83. The molecule has 2 aliphatic rings. The van der Waals surface area contributed by atoms with Crippen LogP contribution in [0.4, 0.5) is 4.79 Å². The summed E-state index contributed by atoms with van der Waals surface area (Å²) in [7, 11) is 1.53. The lowest BCUT2D eigenvalue weighted by atomic mass is 9.85. The number of carboxylic acid groups (broad SMARTS) is 1. The fourth-order valence-electron chi connectivity index (χ4n) is 2.77. The summed E-state index contributed by atoms with van der Waals surface area (Å²) in [5, 5.41) is 14.5. The van der Waals surface area contributed by atoms with E-state index in [-0.39, 0.29) is 19.1 Å². The highest BCUT2D eigenvalue weighted by Gasteiger charge is 2.48. The molecule has 8 nitrogen and oxygen atoms in total. The molecule has 2 heterocycles. The van der Waals surface area contributed by atoms with Crippen LogP contribution in [0.25, 0.3) is 0 Å². The molecule has 0 radical (unpaired) electrons. The molecule has 0 bridgehead atoms. The van der Waals surface area contributed by atoms with E-state index in [2.05, 4.69) is 10.6 Å². The number of hydrogen-bond donors (Lipinski definition) is 3. The van der Waals surface area contributed by atoms with Crippen LogP contribution in [0.3, 0.4) is 0 Å². The Morgan fingerprint density at radius 2 is 2.10 bits per heavy atom. The quantitative estimate of drug-likeness (QED) is 0.644. The maximum Gasteiger partial charge on any atom is 0.318 e. The molecule has 0 spiro atoms. The van der Waals surface area contributed by atoms with E-state index in [4.69, 9.17) is 4.74 Å². The molecule has 0 saturated carbocycles. The highest BCUT2D eigenvalue weighted by molar-refractivity contribution is 5.88. The van der Waals surface area contributed by atoms with Gasteiger partial charge in [-0.1, -0.05) is 0 Å². The lowest BCUT2D eigenvalue weighted by Crippen LogP contribution is -2.55. The van der Waals surface area contributed by atoms with Crippen molar-refractivity contribution in [3.8, 4) is 0 Å². The number of likely N-dealkylation sites (tertiary alicyclic amines) is 1. The number of carboxylic acids is 1. The second kappa shape index (κ2) is 5.88. The van der Waals surface area contributed by atoms with Crippen molar-refractivity contribution in [2.24, 2.45) is 5.41 Å². The van der Waals surface area contributed by atoms with Gasteiger partial charge in [0.25, 0.3) is 0 Å². The summed E-state index contributed by atoms with van der Waals surface area (Å²) < 4.78 is 5.20. The molecule has 2 aliphatic heterocycles. The summed E-state index contributed by atoms with van der Waals surface area (Å²) in [6, 6.07) is -1.51. The zero-order valence-electron chi connectivity index (χ0n) is 12.2. The average Bonchev–Trinajstić information content (AvgIpc) is 3.06. The summed E-state index contributed by atoms with van der Waals surface area (Å²) >= 11 is 0. The zero-order valence-corrected chi connectivity index (χ0v) is 12.2. The third-order valence-electron chi connectivity index (χ3n) is 4.30. The van der Waals surface area contributed by atoms with Crippen LogP contribution in [0, 0.1) is 5.41 Å². The van der Waals surface area contributed by atoms with Gasteiger partial charge in [0.1, 0.15) is 11.5 Å². The molecule has 3 amide bonds. The van der Waals surface area contributed by atoms with Crippen LogP contribution in [-0.2, 0) is 14.3 Å². The minimum atomic E-state index is -1.14. The zero-order chi connectivity index (χ0) is 15.6. The lowest BCUT2D eigenvalue weighted by Gasteiger charge is -2.29. The third kappa shape index (κ3) is 2.80. The van der Waals surface area contributed by atoms with Crippen LogP contribution in [-0.4, -0.2) is 66.8 Å². The van der Waals surface area contributed by atoms with Gasteiger partial charge in [-0.25, -0.2) is 4.79 Å². The van der Waals surface area contributed by atoms with E-state index in [0.717, 1.165) is 6.42 Å². The maximum atomic E-state index is 12.3. The monoisotopic (exact) mass is 299 g/mol. The second-order valence-corrected chi connectivity index (χ2v) is 5.71. The number of carbonyl (C=O) groups is 3. The molecule has 2 rings (SSSR count). The first kappa shape index (κ1) is 15.6. The van der Waals surface area contributed by atoms with Crippen molar-refractivity contribution >= 4 is 17.9 Å². The summed E-state index contributed by atoms with van der Waals surface area (Å²) in [4.78, 5) is 36.9. The molecule has 0 aromatic carbocycles. The predicted octanol–water partition coefficient (Wildman–Crippen LogP) is -0.604. The van der Waals surface area contributed by atoms with Gasteiger partial charge in [-0.3, -0.25) is 9.59 Å². The summed E-state index contributed by atoms with van der Waals surface area (Å²) in [6.07, 6.45) is 1.37. The number of rotatable bonds is 3. The minimum absolute atomic E-state index is 0.0617. The van der Waals surface area contributed by atoms with Crippen LogP contribution in [0.5, 0.6) is 0 Å². The first-order valence-electron chi connectivity index (χ1n) is 7.00. The van der Waals surface area contributed by atoms with Crippen molar-refractivity contribution in [3.63, 3.8) is 0 Å². The fraction of sp³-hybridized carbons (Fsp3) is 0.769. The molecule has 3 unspecified atom stereocenters. The van der Waals surface area contributed by atoms with E-state index >= 15 is 0 Å². The molecule has 3 atom stereocenters. The van der Waals surface area contributed by atoms with Crippen molar-refractivity contribution in [1.29, 1.82) is 0 Å². The maximum absolute atomic E-state index is 12.3. The molecule has 8 heteroatoms. The van der Waals surface area contributed by atoms with E-state index in [9.17, 15) is 19.5 Å². The Morgan fingerprint density at radius 3 is 2.71 bits per heavy atom. The Labute approximate surface area is 122 Å². The number of hydrogen-bond acceptors (Lipinski definition) is 4. The van der Waals surface area contributed by atoms with Gasteiger partial charge in [0.2, 0.25) is 5.91 Å². The van der Waals surface area contributed by atoms with E-state index in [1.165, 1.54) is 11.9 Å². The van der Waals surface area contributed by atoms with Gasteiger partial charge in [-0.2, -0.15) is 0 Å². The summed E-state index contributed by atoms with van der Waals surface area (Å²) in [6.45, 7) is 2.26. The van der Waals surface area contributed by atoms with Gasteiger partial charge in [-0.15, -0.1) is 0 Å². The first-order valence-corrected chi connectivity index (χ1v) is 7.00. The SMILES string of the molecule is CNC(=O)C1CCCN1C(=O)NC1COCC1(C)C(=O)O. The van der Waals surface area contributed by atoms with Crippen molar-refractivity contribution in [2.45, 2.75) is 31.8 Å². The number of nitrogens with one attached hydrogen (secondary N) is 2. The van der Waals surface area contributed by atoms with Crippen molar-refractivity contribution in [3.05, 3.63) is 0 Å². The largest absolute Gasteiger partial charge is 0.481 e. The number of carbonyl (C=O) groups excluding carboxylic acids is 2. The molecular formula is C13H21N3O5.